The molecule has 0 aliphatic carbocycles. The van der Waals surface area contributed by atoms with Gasteiger partial charge in [0.05, 0.1) is 6.61 Å². The van der Waals surface area contributed by atoms with E-state index in [9.17, 15) is 0 Å². The first kappa shape index (κ1) is 14.9. The minimum atomic E-state index is 0.831. The molecule has 102 valence electrons. The van der Waals surface area contributed by atoms with Gasteiger partial charge in [-0.1, -0.05) is 0 Å². The van der Waals surface area contributed by atoms with E-state index >= 15 is 0 Å². The zero-order valence-corrected chi connectivity index (χ0v) is 11.5. The van der Waals surface area contributed by atoms with E-state index in [0.717, 1.165) is 39.4 Å². The average molecular weight is 244 g/mol. The summed E-state index contributed by atoms with van der Waals surface area (Å²) in [4.78, 5) is 5.03. The van der Waals surface area contributed by atoms with Gasteiger partial charge in [0.25, 0.3) is 0 Å². The fraction of sp³-hybridized carbons (Fsp3) is 1.00. The van der Waals surface area contributed by atoms with Crippen molar-refractivity contribution in [2.45, 2.75) is 20.3 Å². The Morgan fingerprint density at radius 2 is 1.29 bits per heavy atom. The van der Waals surface area contributed by atoms with Crippen LogP contribution >= 0.6 is 0 Å². The fourth-order valence-electron chi connectivity index (χ4n) is 2.11. The van der Waals surface area contributed by atoms with Crippen LogP contribution in [0.5, 0.6) is 0 Å². The van der Waals surface area contributed by atoms with E-state index in [-0.39, 0.29) is 0 Å². The molecular formula is C13H28N2O2. The van der Waals surface area contributed by atoms with Crippen LogP contribution in [-0.2, 0) is 9.47 Å². The first-order valence-corrected chi connectivity index (χ1v) is 6.97. The minimum absolute atomic E-state index is 0.831. The molecule has 0 N–H and O–H groups in total. The van der Waals surface area contributed by atoms with Crippen molar-refractivity contribution < 1.29 is 9.47 Å². The molecule has 0 aromatic carbocycles. The van der Waals surface area contributed by atoms with Gasteiger partial charge in [0.2, 0.25) is 0 Å². The Balaban J connectivity index is 1.97. The van der Waals surface area contributed by atoms with Gasteiger partial charge in [-0.15, -0.1) is 0 Å². The molecule has 1 fully saturated rings. The topological polar surface area (TPSA) is 24.9 Å². The van der Waals surface area contributed by atoms with Crippen LogP contribution in [0.15, 0.2) is 0 Å². The Hall–Kier alpha value is -0.160. The summed E-state index contributed by atoms with van der Waals surface area (Å²) in [6.07, 6.45) is 1.16. The van der Waals surface area contributed by atoms with Gasteiger partial charge in [0.1, 0.15) is 0 Å². The van der Waals surface area contributed by atoms with Crippen LogP contribution in [0.25, 0.3) is 0 Å². The van der Waals surface area contributed by atoms with E-state index in [1.807, 2.05) is 0 Å². The lowest BCUT2D eigenvalue weighted by molar-refractivity contribution is 0.0745. The smallest absolute Gasteiger partial charge is 0.0593 e. The Morgan fingerprint density at radius 1 is 0.765 bits per heavy atom. The number of hydrogen-bond donors (Lipinski definition) is 0. The molecule has 0 atom stereocenters. The zero-order chi connectivity index (χ0) is 12.3. The van der Waals surface area contributed by atoms with Gasteiger partial charge in [-0.2, -0.15) is 0 Å². The quantitative estimate of drug-likeness (QED) is 0.566. The lowest BCUT2D eigenvalue weighted by atomic mass is 10.3. The van der Waals surface area contributed by atoms with E-state index in [2.05, 4.69) is 23.6 Å². The third-order valence-electron chi connectivity index (χ3n) is 3.19. The summed E-state index contributed by atoms with van der Waals surface area (Å²) < 4.78 is 10.7. The number of hydrogen-bond acceptors (Lipinski definition) is 4. The van der Waals surface area contributed by atoms with Crippen LogP contribution in [0.3, 0.4) is 0 Å². The molecule has 1 aliphatic rings. The van der Waals surface area contributed by atoms with Gasteiger partial charge >= 0.3 is 0 Å². The molecule has 4 nitrogen and oxygen atoms in total. The van der Waals surface area contributed by atoms with Gasteiger partial charge in [-0.05, 0) is 20.3 Å². The highest BCUT2D eigenvalue weighted by Gasteiger charge is 2.15. The maximum absolute atomic E-state index is 5.38. The van der Waals surface area contributed by atoms with Gasteiger partial charge in [-0.25, -0.2) is 0 Å². The van der Waals surface area contributed by atoms with Gasteiger partial charge in [-0.3, -0.25) is 4.90 Å². The van der Waals surface area contributed by atoms with Crippen LogP contribution in [0.1, 0.15) is 20.3 Å². The maximum atomic E-state index is 5.38. The standard InChI is InChI=1S/C13H28N2O2/c1-3-16-12-5-6-14-7-9-15(10-8-14)11-13-17-4-2/h3-13H2,1-2H3. The normalized spacial score (nSPS) is 18.7. The van der Waals surface area contributed by atoms with Crippen molar-refractivity contribution in [2.24, 2.45) is 0 Å². The summed E-state index contributed by atoms with van der Waals surface area (Å²) in [5, 5.41) is 0. The molecule has 1 aliphatic heterocycles. The lowest BCUT2D eigenvalue weighted by Crippen LogP contribution is -2.47. The predicted molar refractivity (Wildman–Crippen MR) is 70.5 cm³/mol. The first-order chi connectivity index (χ1) is 8.36. The number of ether oxygens (including phenoxy) is 2. The van der Waals surface area contributed by atoms with Crippen molar-refractivity contribution in [2.75, 3.05) is 65.7 Å². The molecule has 0 aromatic rings. The zero-order valence-electron chi connectivity index (χ0n) is 11.5. The lowest BCUT2D eigenvalue weighted by Gasteiger charge is -2.34. The molecule has 1 heterocycles. The van der Waals surface area contributed by atoms with E-state index in [1.165, 1.54) is 32.7 Å². The van der Waals surface area contributed by atoms with Crippen LogP contribution in [0.2, 0.25) is 0 Å². The first-order valence-electron chi connectivity index (χ1n) is 6.97. The Morgan fingerprint density at radius 3 is 1.88 bits per heavy atom. The van der Waals surface area contributed by atoms with Crippen molar-refractivity contribution in [3.05, 3.63) is 0 Å². The third-order valence-corrected chi connectivity index (χ3v) is 3.19. The fourth-order valence-corrected chi connectivity index (χ4v) is 2.11. The maximum Gasteiger partial charge on any atom is 0.0593 e. The van der Waals surface area contributed by atoms with Crippen LogP contribution in [0.4, 0.5) is 0 Å². The molecule has 0 saturated carbocycles. The summed E-state index contributed by atoms with van der Waals surface area (Å²) in [5.74, 6) is 0. The van der Waals surface area contributed by atoms with E-state index in [0.29, 0.717) is 0 Å². The molecule has 1 saturated heterocycles. The summed E-state index contributed by atoms with van der Waals surface area (Å²) in [5.41, 5.74) is 0. The van der Waals surface area contributed by atoms with Gasteiger partial charge in [0.15, 0.2) is 0 Å². The van der Waals surface area contributed by atoms with E-state index in [1.54, 1.807) is 0 Å². The number of nitrogens with zero attached hydrogens (tertiary/aromatic N) is 2. The van der Waals surface area contributed by atoms with Crippen molar-refractivity contribution >= 4 is 0 Å². The predicted octanol–water partition coefficient (Wildman–Crippen LogP) is 1.07. The minimum Gasteiger partial charge on any atom is -0.382 e. The van der Waals surface area contributed by atoms with Crippen molar-refractivity contribution in [1.82, 2.24) is 9.80 Å². The van der Waals surface area contributed by atoms with Gasteiger partial charge < -0.3 is 14.4 Å². The van der Waals surface area contributed by atoms with Gasteiger partial charge in [0, 0.05) is 59.1 Å². The molecule has 17 heavy (non-hydrogen) atoms. The average Bonchev–Trinajstić information content (AvgIpc) is 2.37. The molecule has 0 spiro atoms. The Kier molecular flexibility index (Phi) is 8.61. The highest BCUT2D eigenvalue weighted by Crippen LogP contribution is 2.02. The SMILES string of the molecule is CCOCCCN1CCN(CCOCC)CC1. The molecular weight excluding hydrogens is 216 g/mol. The summed E-state index contributed by atoms with van der Waals surface area (Å²) in [7, 11) is 0. The number of piperazine rings is 1. The highest BCUT2D eigenvalue weighted by molar-refractivity contribution is 4.71. The second-order valence-electron chi connectivity index (χ2n) is 4.43. The second-order valence-corrected chi connectivity index (χ2v) is 4.43. The third kappa shape index (κ3) is 6.99. The highest BCUT2D eigenvalue weighted by atomic mass is 16.5. The molecule has 0 aromatic heterocycles. The molecule has 0 amide bonds. The van der Waals surface area contributed by atoms with Crippen molar-refractivity contribution in [3.8, 4) is 0 Å². The van der Waals surface area contributed by atoms with Crippen LogP contribution in [0, 0.1) is 0 Å². The molecule has 1 rings (SSSR count). The van der Waals surface area contributed by atoms with E-state index < -0.39 is 0 Å². The summed E-state index contributed by atoms with van der Waals surface area (Å²) in [6.45, 7) is 14.6. The molecule has 0 bridgehead atoms. The summed E-state index contributed by atoms with van der Waals surface area (Å²) in [6, 6.07) is 0. The Labute approximate surface area is 106 Å². The van der Waals surface area contributed by atoms with Crippen LogP contribution in [-0.4, -0.2) is 75.5 Å². The Bertz CT molecular complexity index is 171. The molecule has 4 heteroatoms. The second kappa shape index (κ2) is 9.83. The summed E-state index contributed by atoms with van der Waals surface area (Å²) >= 11 is 0. The molecule has 0 radical (unpaired) electrons. The monoisotopic (exact) mass is 244 g/mol. The van der Waals surface area contributed by atoms with Crippen LogP contribution < -0.4 is 0 Å². The largest absolute Gasteiger partial charge is 0.382 e. The van der Waals surface area contributed by atoms with Crippen molar-refractivity contribution in [1.29, 1.82) is 0 Å². The number of rotatable bonds is 9. The molecule has 0 unspecified atom stereocenters. The van der Waals surface area contributed by atoms with E-state index in [4.69, 9.17) is 9.47 Å². The van der Waals surface area contributed by atoms with Crippen molar-refractivity contribution in [3.63, 3.8) is 0 Å².